The highest BCUT2D eigenvalue weighted by Gasteiger charge is 2.06. The Morgan fingerprint density at radius 3 is 2.40 bits per heavy atom. The maximum Gasteiger partial charge on any atom is 0.229 e. The predicted molar refractivity (Wildman–Crippen MR) is 103 cm³/mol. The number of nitrogens with zero attached hydrogens (tertiary/aromatic N) is 2. The molecule has 1 amide bonds. The number of hydrogen-bond donors (Lipinski definition) is 2. The zero-order chi connectivity index (χ0) is 17.6. The van der Waals surface area contributed by atoms with Crippen molar-refractivity contribution in [2.24, 2.45) is 0 Å². The molecule has 2 N–H and O–H groups in total. The van der Waals surface area contributed by atoms with E-state index >= 15 is 0 Å². The summed E-state index contributed by atoms with van der Waals surface area (Å²) in [6, 6.07) is 19.1. The third-order valence-electron chi connectivity index (χ3n) is 3.51. The Bertz CT molecular complexity index is 863. The molecule has 0 fully saturated rings. The summed E-state index contributed by atoms with van der Waals surface area (Å²) in [7, 11) is 0. The number of aryl methyl sites for hydroxylation is 1. The first-order valence-electron chi connectivity index (χ1n) is 7.80. The fourth-order valence-corrected chi connectivity index (χ4v) is 2.66. The van der Waals surface area contributed by atoms with E-state index in [0.717, 1.165) is 15.7 Å². The van der Waals surface area contributed by atoms with Gasteiger partial charge in [-0.05, 0) is 42.8 Å². The first-order valence-corrected chi connectivity index (χ1v) is 8.59. The average molecular weight is 397 g/mol. The molecule has 2 aromatic carbocycles. The van der Waals surface area contributed by atoms with E-state index in [-0.39, 0.29) is 5.91 Å². The number of halogens is 1. The lowest BCUT2D eigenvalue weighted by Gasteiger charge is -2.07. The van der Waals surface area contributed by atoms with Crippen LogP contribution in [0.15, 0.2) is 65.1 Å². The van der Waals surface area contributed by atoms with Crippen LogP contribution in [0, 0.1) is 6.92 Å². The van der Waals surface area contributed by atoms with E-state index in [4.69, 9.17) is 0 Å². The third kappa shape index (κ3) is 5.12. The van der Waals surface area contributed by atoms with E-state index in [2.05, 4.69) is 36.8 Å². The van der Waals surface area contributed by atoms with Crippen LogP contribution in [0.1, 0.15) is 11.1 Å². The molecule has 0 saturated carbocycles. The Hall–Kier alpha value is -2.73. The van der Waals surface area contributed by atoms with Crippen molar-refractivity contribution in [1.29, 1.82) is 0 Å². The molecule has 0 bridgehead atoms. The molecule has 1 aromatic heterocycles. The summed E-state index contributed by atoms with van der Waals surface area (Å²) in [5.74, 6) is 0.914. The minimum absolute atomic E-state index is 0.120. The van der Waals surface area contributed by atoms with Gasteiger partial charge in [-0.15, -0.1) is 10.2 Å². The largest absolute Gasteiger partial charge is 0.339 e. The summed E-state index contributed by atoms with van der Waals surface area (Å²) >= 11 is 3.42. The van der Waals surface area contributed by atoms with Crippen molar-refractivity contribution in [3.63, 3.8) is 0 Å². The standard InChI is InChI=1S/C19H17BrN4O/c1-13-5-7-14(8-6-13)11-19(25)22-18-10-9-17(23-24-18)21-16-4-2-3-15(20)12-16/h2-10,12H,11H2,1H3,(H,21,23)(H,22,24,25). The number of hydrogen-bond acceptors (Lipinski definition) is 4. The summed E-state index contributed by atoms with van der Waals surface area (Å²) < 4.78 is 0.977. The first-order chi connectivity index (χ1) is 12.1. The first kappa shape index (κ1) is 17.1. The number of carbonyl (C=O) groups is 1. The molecule has 3 aromatic rings. The molecular weight excluding hydrogens is 380 g/mol. The molecule has 0 unspecified atom stereocenters. The van der Waals surface area contributed by atoms with Gasteiger partial charge in [0.15, 0.2) is 11.6 Å². The molecule has 0 radical (unpaired) electrons. The summed E-state index contributed by atoms with van der Waals surface area (Å²) in [5.41, 5.74) is 3.03. The molecular formula is C19H17BrN4O. The number of aromatic nitrogens is 2. The third-order valence-corrected chi connectivity index (χ3v) is 4.01. The van der Waals surface area contributed by atoms with Crippen molar-refractivity contribution >= 4 is 39.2 Å². The van der Waals surface area contributed by atoms with Crippen molar-refractivity contribution in [3.8, 4) is 0 Å². The topological polar surface area (TPSA) is 66.9 Å². The zero-order valence-corrected chi connectivity index (χ0v) is 15.2. The van der Waals surface area contributed by atoms with E-state index in [0.29, 0.717) is 18.1 Å². The molecule has 0 atom stereocenters. The van der Waals surface area contributed by atoms with Gasteiger partial charge in [0.05, 0.1) is 6.42 Å². The van der Waals surface area contributed by atoms with Crippen LogP contribution in [0.2, 0.25) is 0 Å². The van der Waals surface area contributed by atoms with Crippen LogP contribution in [0.5, 0.6) is 0 Å². The van der Waals surface area contributed by atoms with Crippen molar-refractivity contribution in [1.82, 2.24) is 10.2 Å². The maximum atomic E-state index is 12.1. The lowest BCUT2D eigenvalue weighted by atomic mass is 10.1. The van der Waals surface area contributed by atoms with E-state index < -0.39 is 0 Å². The van der Waals surface area contributed by atoms with Gasteiger partial charge in [0.25, 0.3) is 0 Å². The van der Waals surface area contributed by atoms with Crippen LogP contribution in [-0.4, -0.2) is 16.1 Å². The second kappa shape index (κ2) is 7.90. The summed E-state index contributed by atoms with van der Waals surface area (Å²) in [5, 5.41) is 14.0. The maximum absolute atomic E-state index is 12.1. The number of nitrogens with one attached hydrogen (secondary N) is 2. The molecule has 0 saturated heterocycles. The second-order valence-electron chi connectivity index (χ2n) is 5.65. The fourth-order valence-electron chi connectivity index (χ4n) is 2.26. The van der Waals surface area contributed by atoms with Crippen LogP contribution in [0.25, 0.3) is 0 Å². The molecule has 126 valence electrons. The van der Waals surface area contributed by atoms with Crippen molar-refractivity contribution < 1.29 is 4.79 Å². The van der Waals surface area contributed by atoms with Gasteiger partial charge in [0.1, 0.15) is 0 Å². The highest BCUT2D eigenvalue weighted by Crippen LogP contribution is 2.19. The Balaban J connectivity index is 1.58. The van der Waals surface area contributed by atoms with E-state index in [1.165, 1.54) is 5.56 Å². The highest BCUT2D eigenvalue weighted by molar-refractivity contribution is 9.10. The molecule has 0 aliphatic carbocycles. The van der Waals surface area contributed by atoms with E-state index in [1.807, 2.05) is 55.5 Å². The number of anilines is 3. The van der Waals surface area contributed by atoms with Gasteiger partial charge in [0.2, 0.25) is 5.91 Å². The minimum Gasteiger partial charge on any atom is -0.339 e. The highest BCUT2D eigenvalue weighted by atomic mass is 79.9. The van der Waals surface area contributed by atoms with Crippen molar-refractivity contribution in [3.05, 3.63) is 76.3 Å². The van der Waals surface area contributed by atoms with E-state index in [1.54, 1.807) is 12.1 Å². The number of carbonyl (C=O) groups excluding carboxylic acids is 1. The Labute approximate surface area is 154 Å². The second-order valence-corrected chi connectivity index (χ2v) is 6.57. The van der Waals surface area contributed by atoms with Crippen LogP contribution in [0.4, 0.5) is 17.3 Å². The van der Waals surface area contributed by atoms with Crippen LogP contribution in [-0.2, 0) is 11.2 Å². The molecule has 0 aliphatic rings. The van der Waals surface area contributed by atoms with E-state index in [9.17, 15) is 4.79 Å². The van der Waals surface area contributed by atoms with Gasteiger partial charge >= 0.3 is 0 Å². The van der Waals surface area contributed by atoms with Gasteiger partial charge in [-0.2, -0.15) is 0 Å². The van der Waals surface area contributed by atoms with Crippen LogP contribution < -0.4 is 10.6 Å². The Morgan fingerprint density at radius 2 is 1.72 bits per heavy atom. The number of rotatable bonds is 5. The van der Waals surface area contributed by atoms with Crippen molar-refractivity contribution in [2.75, 3.05) is 10.6 Å². The van der Waals surface area contributed by atoms with Crippen LogP contribution in [0.3, 0.4) is 0 Å². The smallest absolute Gasteiger partial charge is 0.229 e. The lowest BCUT2D eigenvalue weighted by molar-refractivity contribution is -0.115. The molecule has 6 heteroatoms. The van der Waals surface area contributed by atoms with Gasteiger partial charge in [-0.25, -0.2) is 0 Å². The average Bonchev–Trinajstić information content (AvgIpc) is 2.59. The lowest BCUT2D eigenvalue weighted by Crippen LogP contribution is -2.15. The molecule has 0 aliphatic heterocycles. The summed E-state index contributed by atoms with van der Waals surface area (Å²) in [4.78, 5) is 12.1. The predicted octanol–water partition coefficient (Wildman–Crippen LogP) is 4.47. The van der Waals surface area contributed by atoms with Gasteiger partial charge < -0.3 is 10.6 Å². The van der Waals surface area contributed by atoms with Crippen molar-refractivity contribution in [2.45, 2.75) is 13.3 Å². The van der Waals surface area contributed by atoms with Gasteiger partial charge in [-0.3, -0.25) is 4.79 Å². The molecule has 5 nitrogen and oxygen atoms in total. The SMILES string of the molecule is Cc1ccc(CC(=O)Nc2ccc(Nc3cccc(Br)c3)nn2)cc1. The molecule has 1 heterocycles. The summed E-state index contributed by atoms with van der Waals surface area (Å²) in [6.07, 6.45) is 0.306. The normalized spacial score (nSPS) is 10.3. The quantitative estimate of drug-likeness (QED) is 0.667. The van der Waals surface area contributed by atoms with Gasteiger partial charge in [-0.1, -0.05) is 51.8 Å². The van der Waals surface area contributed by atoms with Gasteiger partial charge in [0, 0.05) is 10.2 Å². The molecule has 25 heavy (non-hydrogen) atoms. The summed E-state index contributed by atoms with van der Waals surface area (Å²) in [6.45, 7) is 2.02. The van der Waals surface area contributed by atoms with Crippen LogP contribution >= 0.6 is 15.9 Å². The Kier molecular flexibility index (Phi) is 5.40. The Morgan fingerprint density at radius 1 is 1.00 bits per heavy atom. The number of amides is 1. The molecule has 3 rings (SSSR count). The zero-order valence-electron chi connectivity index (χ0n) is 13.7. The molecule has 0 spiro atoms. The fraction of sp³-hybridized carbons (Fsp3) is 0.105. The minimum atomic E-state index is -0.120. The number of benzene rings is 2. The monoisotopic (exact) mass is 396 g/mol.